The van der Waals surface area contributed by atoms with Gasteiger partial charge in [0.25, 0.3) is 0 Å². The fourth-order valence-electron chi connectivity index (χ4n) is 6.45. The second-order valence-electron chi connectivity index (χ2n) is 10.2. The number of rotatable bonds is 4. The van der Waals surface area contributed by atoms with Crippen LogP contribution < -0.4 is 11.5 Å². The summed E-state index contributed by atoms with van der Waals surface area (Å²) in [6, 6.07) is 51.2. The van der Waals surface area contributed by atoms with Crippen molar-refractivity contribution < 1.29 is 0 Å². The maximum Gasteiger partial charge on any atom is 0.0721 e. The number of hydrogen-bond acceptors (Lipinski definition) is 2. The molecule has 186 valence electrons. The first-order chi connectivity index (χ1) is 19.2. The van der Waals surface area contributed by atoms with E-state index in [1.165, 1.54) is 33.4 Å². The predicted octanol–water partition coefficient (Wildman–Crippen LogP) is 8.55. The van der Waals surface area contributed by atoms with Crippen LogP contribution in [0.25, 0.3) is 33.4 Å². The van der Waals surface area contributed by atoms with Crippen molar-refractivity contribution >= 4 is 11.4 Å². The van der Waals surface area contributed by atoms with Crippen LogP contribution in [0, 0.1) is 0 Å². The van der Waals surface area contributed by atoms with Crippen molar-refractivity contribution in [3.8, 4) is 33.4 Å². The van der Waals surface area contributed by atoms with Gasteiger partial charge in [0.15, 0.2) is 0 Å². The van der Waals surface area contributed by atoms with Crippen molar-refractivity contribution in [3.05, 3.63) is 168 Å². The topological polar surface area (TPSA) is 52.0 Å². The quantitative estimate of drug-likeness (QED) is 0.238. The van der Waals surface area contributed by atoms with Gasteiger partial charge in [-0.1, -0.05) is 127 Å². The van der Waals surface area contributed by atoms with E-state index in [-0.39, 0.29) is 0 Å². The van der Waals surface area contributed by atoms with E-state index in [4.69, 9.17) is 11.5 Å². The Morgan fingerprint density at radius 1 is 0.436 bits per heavy atom. The lowest BCUT2D eigenvalue weighted by molar-refractivity contribution is 0.771. The summed E-state index contributed by atoms with van der Waals surface area (Å²) in [6.07, 6.45) is 0. The minimum atomic E-state index is -0.600. The molecule has 0 atom stereocenters. The van der Waals surface area contributed by atoms with Gasteiger partial charge < -0.3 is 11.5 Å². The summed E-state index contributed by atoms with van der Waals surface area (Å²) >= 11 is 0. The van der Waals surface area contributed by atoms with Crippen LogP contribution in [-0.2, 0) is 5.41 Å². The van der Waals surface area contributed by atoms with E-state index in [0.29, 0.717) is 0 Å². The molecular formula is C37H28N2. The molecule has 0 saturated heterocycles. The number of hydrogen-bond donors (Lipinski definition) is 2. The van der Waals surface area contributed by atoms with Gasteiger partial charge in [0.1, 0.15) is 0 Å². The number of anilines is 2. The zero-order valence-electron chi connectivity index (χ0n) is 21.5. The maximum atomic E-state index is 7.24. The summed E-state index contributed by atoms with van der Waals surface area (Å²) in [7, 11) is 0. The van der Waals surface area contributed by atoms with E-state index >= 15 is 0 Å². The zero-order chi connectivity index (χ0) is 26.4. The normalized spacial score (nSPS) is 13.0. The summed E-state index contributed by atoms with van der Waals surface area (Å²) in [5.74, 6) is 0. The number of nitrogens with two attached hydrogens (primary N) is 2. The molecule has 0 unspecified atom stereocenters. The van der Waals surface area contributed by atoms with Crippen LogP contribution in [-0.4, -0.2) is 0 Å². The Kier molecular flexibility index (Phi) is 5.35. The van der Waals surface area contributed by atoms with Crippen LogP contribution in [0.15, 0.2) is 146 Å². The molecular weight excluding hydrogens is 472 g/mol. The van der Waals surface area contributed by atoms with E-state index in [2.05, 4.69) is 133 Å². The van der Waals surface area contributed by atoms with Crippen molar-refractivity contribution in [3.63, 3.8) is 0 Å². The summed E-state index contributed by atoms with van der Waals surface area (Å²) in [6.45, 7) is 0. The lowest BCUT2D eigenvalue weighted by atomic mass is 9.65. The Labute approximate surface area is 229 Å². The predicted molar refractivity (Wildman–Crippen MR) is 163 cm³/mol. The Morgan fingerprint density at radius 3 is 1.51 bits per heavy atom. The maximum absolute atomic E-state index is 7.24. The molecule has 0 heterocycles. The molecule has 39 heavy (non-hydrogen) atoms. The first-order valence-electron chi connectivity index (χ1n) is 13.3. The monoisotopic (exact) mass is 500 g/mol. The molecule has 1 aliphatic rings. The van der Waals surface area contributed by atoms with Crippen LogP contribution in [0.3, 0.4) is 0 Å². The average molecular weight is 501 g/mol. The summed E-state index contributed by atoms with van der Waals surface area (Å²) < 4.78 is 0. The molecule has 6 aromatic carbocycles. The molecule has 2 heteroatoms. The molecule has 6 aromatic rings. The van der Waals surface area contributed by atoms with Gasteiger partial charge in [0.05, 0.1) is 5.41 Å². The van der Waals surface area contributed by atoms with Gasteiger partial charge >= 0.3 is 0 Å². The third-order valence-electron chi connectivity index (χ3n) is 8.04. The van der Waals surface area contributed by atoms with E-state index in [9.17, 15) is 0 Å². The number of fused-ring (bicyclic) bond motifs is 3. The molecule has 4 N–H and O–H groups in total. The Hall–Kier alpha value is -5.08. The molecule has 0 amide bonds. The van der Waals surface area contributed by atoms with Gasteiger partial charge in [-0.05, 0) is 62.7 Å². The van der Waals surface area contributed by atoms with Gasteiger partial charge in [-0.15, -0.1) is 0 Å². The van der Waals surface area contributed by atoms with E-state index < -0.39 is 5.41 Å². The smallest absolute Gasteiger partial charge is 0.0721 e. The highest BCUT2D eigenvalue weighted by Crippen LogP contribution is 2.61. The highest BCUT2D eigenvalue weighted by Gasteiger charge is 2.48. The molecule has 2 nitrogen and oxygen atoms in total. The fourth-order valence-corrected chi connectivity index (χ4v) is 6.45. The highest BCUT2D eigenvalue weighted by atomic mass is 14.6. The first kappa shape index (κ1) is 23.1. The highest BCUT2D eigenvalue weighted by molar-refractivity contribution is 6.02. The molecule has 0 spiro atoms. The second-order valence-corrected chi connectivity index (χ2v) is 10.2. The van der Waals surface area contributed by atoms with Crippen molar-refractivity contribution in [2.75, 3.05) is 11.5 Å². The first-order valence-corrected chi connectivity index (χ1v) is 13.3. The molecule has 0 aromatic heterocycles. The standard InChI is InChI=1S/C37H28N2/c38-29-21-22-30-32-24-31(25-13-5-1-6-14-25)36(39)34(26-15-7-2-8-16-26)35(32)37(33(30)23-29,27-17-9-3-10-18-27)28-19-11-4-12-20-28/h1-24H,38-39H2. The van der Waals surface area contributed by atoms with Gasteiger partial charge in [0, 0.05) is 22.5 Å². The molecule has 0 fully saturated rings. The third-order valence-corrected chi connectivity index (χ3v) is 8.04. The third kappa shape index (κ3) is 3.42. The molecule has 0 bridgehead atoms. The fraction of sp³-hybridized carbons (Fsp3) is 0.0270. The van der Waals surface area contributed by atoms with Crippen molar-refractivity contribution in [2.45, 2.75) is 5.41 Å². The van der Waals surface area contributed by atoms with Gasteiger partial charge in [-0.2, -0.15) is 0 Å². The Balaban J connectivity index is 1.73. The lowest BCUT2D eigenvalue weighted by Crippen LogP contribution is -2.29. The van der Waals surface area contributed by atoms with Gasteiger partial charge in [0.2, 0.25) is 0 Å². The molecule has 0 saturated carbocycles. The largest absolute Gasteiger partial charge is 0.399 e. The SMILES string of the molecule is Nc1ccc2c(c1)C(c1ccccc1)(c1ccccc1)c1c-2cc(-c2ccccc2)c(N)c1-c1ccccc1. The van der Waals surface area contributed by atoms with Crippen LogP contribution in [0.2, 0.25) is 0 Å². The van der Waals surface area contributed by atoms with Gasteiger partial charge in [-0.3, -0.25) is 0 Å². The lowest BCUT2D eigenvalue weighted by Gasteiger charge is -2.36. The van der Waals surface area contributed by atoms with Crippen LogP contribution in [0.1, 0.15) is 22.3 Å². The molecule has 7 rings (SSSR count). The molecule has 1 aliphatic carbocycles. The van der Waals surface area contributed by atoms with E-state index in [0.717, 1.165) is 33.6 Å². The summed E-state index contributed by atoms with van der Waals surface area (Å²) in [5.41, 5.74) is 26.1. The second kappa shape index (κ2) is 9.04. The number of nitrogen functional groups attached to an aromatic ring is 2. The Morgan fingerprint density at radius 2 is 0.949 bits per heavy atom. The van der Waals surface area contributed by atoms with Crippen molar-refractivity contribution in [1.82, 2.24) is 0 Å². The van der Waals surface area contributed by atoms with E-state index in [1.54, 1.807) is 0 Å². The Bertz CT molecular complexity index is 1750. The van der Waals surface area contributed by atoms with Gasteiger partial charge in [-0.25, -0.2) is 0 Å². The van der Waals surface area contributed by atoms with Crippen LogP contribution >= 0.6 is 0 Å². The average Bonchev–Trinajstić information content (AvgIpc) is 3.28. The van der Waals surface area contributed by atoms with Crippen LogP contribution in [0.4, 0.5) is 11.4 Å². The van der Waals surface area contributed by atoms with E-state index in [1.807, 2.05) is 12.1 Å². The molecule has 0 radical (unpaired) electrons. The van der Waals surface area contributed by atoms with Crippen molar-refractivity contribution in [2.24, 2.45) is 0 Å². The minimum Gasteiger partial charge on any atom is -0.399 e. The zero-order valence-corrected chi connectivity index (χ0v) is 21.5. The van der Waals surface area contributed by atoms with Crippen LogP contribution in [0.5, 0.6) is 0 Å². The number of benzene rings is 6. The van der Waals surface area contributed by atoms with Crippen molar-refractivity contribution in [1.29, 1.82) is 0 Å². The minimum absolute atomic E-state index is 0.600. The summed E-state index contributed by atoms with van der Waals surface area (Å²) in [5, 5.41) is 0. The molecule has 0 aliphatic heterocycles. The summed E-state index contributed by atoms with van der Waals surface area (Å²) in [4.78, 5) is 0.